The molecule has 2 aromatic rings. The molecule has 19 heavy (non-hydrogen) atoms. The van der Waals surface area contributed by atoms with Crippen molar-refractivity contribution in [1.82, 2.24) is 4.57 Å². The van der Waals surface area contributed by atoms with Gasteiger partial charge in [-0.1, -0.05) is 18.2 Å². The molecule has 0 bridgehead atoms. The van der Waals surface area contributed by atoms with Gasteiger partial charge in [0.2, 0.25) is 0 Å². The molecule has 1 atom stereocenters. The number of benzene rings is 1. The van der Waals surface area contributed by atoms with E-state index in [-0.39, 0.29) is 6.10 Å². The van der Waals surface area contributed by atoms with Gasteiger partial charge in [-0.05, 0) is 17.5 Å². The van der Waals surface area contributed by atoms with E-state index in [1.54, 1.807) is 0 Å². The zero-order valence-corrected chi connectivity index (χ0v) is 11.1. The quantitative estimate of drug-likeness (QED) is 0.808. The van der Waals surface area contributed by atoms with E-state index in [1.807, 2.05) is 12.1 Å². The van der Waals surface area contributed by atoms with Crippen LogP contribution in [0.15, 0.2) is 36.5 Å². The Balaban J connectivity index is 1.63. The lowest BCUT2D eigenvalue weighted by Crippen LogP contribution is -3.15. The summed E-state index contributed by atoms with van der Waals surface area (Å²) >= 11 is 0. The molecule has 1 saturated heterocycles. The van der Waals surface area contributed by atoms with Crippen molar-refractivity contribution in [3.63, 3.8) is 0 Å². The van der Waals surface area contributed by atoms with Crippen molar-refractivity contribution in [1.29, 1.82) is 0 Å². The average molecular weight is 261 g/mol. The fourth-order valence-corrected chi connectivity index (χ4v) is 2.79. The van der Waals surface area contributed by atoms with Crippen molar-refractivity contribution in [2.75, 3.05) is 32.8 Å². The Morgan fingerprint density at radius 2 is 2.00 bits per heavy atom. The average Bonchev–Trinajstić information content (AvgIpc) is 2.83. The zero-order valence-electron chi connectivity index (χ0n) is 11.1. The summed E-state index contributed by atoms with van der Waals surface area (Å²) < 4.78 is 7.48. The molecule has 1 aliphatic rings. The van der Waals surface area contributed by atoms with Gasteiger partial charge in [0, 0.05) is 11.7 Å². The number of ether oxygens (including phenoxy) is 1. The molecule has 1 aromatic carbocycles. The summed E-state index contributed by atoms with van der Waals surface area (Å²) in [5.41, 5.74) is 1.19. The van der Waals surface area contributed by atoms with Crippen LogP contribution in [0.25, 0.3) is 10.9 Å². The Kier molecular flexibility index (Phi) is 3.82. The second-order valence-corrected chi connectivity index (χ2v) is 5.25. The van der Waals surface area contributed by atoms with Gasteiger partial charge in [0.15, 0.2) is 0 Å². The van der Waals surface area contributed by atoms with Crippen LogP contribution in [0.2, 0.25) is 0 Å². The number of para-hydroxylation sites is 1. The van der Waals surface area contributed by atoms with E-state index in [1.165, 1.54) is 15.8 Å². The van der Waals surface area contributed by atoms with Gasteiger partial charge in [0.1, 0.15) is 25.7 Å². The highest BCUT2D eigenvalue weighted by atomic mass is 16.5. The van der Waals surface area contributed by atoms with Crippen LogP contribution in [0.1, 0.15) is 0 Å². The number of hydrogen-bond donors (Lipinski definition) is 2. The van der Waals surface area contributed by atoms with Gasteiger partial charge in [-0.2, -0.15) is 0 Å². The van der Waals surface area contributed by atoms with E-state index < -0.39 is 0 Å². The third kappa shape index (κ3) is 2.97. The summed E-state index contributed by atoms with van der Waals surface area (Å²) in [6, 6.07) is 10.4. The van der Waals surface area contributed by atoms with E-state index in [0.29, 0.717) is 6.54 Å². The van der Waals surface area contributed by atoms with Crippen LogP contribution in [-0.2, 0) is 11.3 Å². The van der Waals surface area contributed by atoms with E-state index in [4.69, 9.17) is 4.74 Å². The summed E-state index contributed by atoms with van der Waals surface area (Å²) in [5.74, 6) is 0. The summed E-state index contributed by atoms with van der Waals surface area (Å²) in [5, 5.41) is 11.5. The molecule has 0 aliphatic carbocycles. The maximum Gasteiger partial charge on any atom is 0.121 e. The Hall–Kier alpha value is -1.36. The molecule has 1 aliphatic heterocycles. The molecular weight excluding hydrogens is 240 g/mol. The highest BCUT2D eigenvalue weighted by Gasteiger charge is 2.18. The summed E-state index contributed by atoms with van der Waals surface area (Å²) in [6.45, 7) is 5.10. The van der Waals surface area contributed by atoms with Crippen LogP contribution in [0, 0.1) is 0 Å². The van der Waals surface area contributed by atoms with E-state index in [2.05, 4.69) is 29.0 Å². The molecule has 0 amide bonds. The molecule has 2 heterocycles. The number of quaternary nitrogens is 1. The lowest BCUT2D eigenvalue weighted by atomic mass is 10.2. The molecule has 4 heteroatoms. The Bertz CT molecular complexity index is 532. The first-order chi connectivity index (χ1) is 9.33. The monoisotopic (exact) mass is 261 g/mol. The number of morpholine rings is 1. The maximum atomic E-state index is 10.3. The fourth-order valence-electron chi connectivity index (χ4n) is 2.79. The van der Waals surface area contributed by atoms with Crippen LogP contribution in [0.5, 0.6) is 0 Å². The molecule has 1 aromatic heterocycles. The molecule has 0 saturated carbocycles. The highest BCUT2D eigenvalue weighted by Crippen LogP contribution is 2.15. The van der Waals surface area contributed by atoms with Crippen LogP contribution < -0.4 is 4.90 Å². The van der Waals surface area contributed by atoms with E-state index in [0.717, 1.165) is 32.8 Å². The fraction of sp³-hybridized carbons (Fsp3) is 0.467. The number of aliphatic hydroxyl groups is 1. The molecule has 0 spiro atoms. The smallest absolute Gasteiger partial charge is 0.121 e. The van der Waals surface area contributed by atoms with Crippen molar-refractivity contribution in [2.24, 2.45) is 0 Å². The topological polar surface area (TPSA) is 38.8 Å². The molecule has 3 rings (SSSR count). The van der Waals surface area contributed by atoms with Gasteiger partial charge in [-0.15, -0.1) is 0 Å². The third-order valence-corrected chi connectivity index (χ3v) is 3.81. The third-order valence-electron chi connectivity index (χ3n) is 3.81. The molecule has 0 radical (unpaired) electrons. The number of hydrogen-bond acceptors (Lipinski definition) is 2. The summed E-state index contributed by atoms with van der Waals surface area (Å²) in [7, 11) is 0. The van der Waals surface area contributed by atoms with Gasteiger partial charge >= 0.3 is 0 Å². The van der Waals surface area contributed by atoms with Gasteiger partial charge in [0.05, 0.1) is 19.8 Å². The van der Waals surface area contributed by atoms with Gasteiger partial charge in [-0.3, -0.25) is 0 Å². The number of nitrogens with one attached hydrogen (secondary N) is 1. The lowest BCUT2D eigenvalue weighted by molar-refractivity contribution is -0.911. The Labute approximate surface area is 113 Å². The predicted molar refractivity (Wildman–Crippen MR) is 74.3 cm³/mol. The van der Waals surface area contributed by atoms with Crippen LogP contribution >= 0.6 is 0 Å². The lowest BCUT2D eigenvalue weighted by Gasteiger charge is -2.26. The number of fused-ring (bicyclic) bond motifs is 1. The van der Waals surface area contributed by atoms with Crippen molar-refractivity contribution in [3.05, 3.63) is 36.5 Å². The number of aromatic nitrogens is 1. The minimum absolute atomic E-state index is 0.302. The first-order valence-corrected chi connectivity index (χ1v) is 6.96. The SMILES string of the molecule is O[C@@H](Cn1ccc2ccccc21)C[NH+]1CCOCC1. The minimum atomic E-state index is -0.302. The molecule has 102 valence electrons. The van der Waals surface area contributed by atoms with Crippen molar-refractivity contribution in [2.45, 2.75) is 12.6 Å². The van der Waals surface area contributed by atoms with Crippen molar-refractivity contribution < 1.29 is 14.7 Å². The molecule has 4 nitrogen and oxygen atoms in total. The van der Waals surface area contributed by atoms with Gasteiger partial charge < -0.3 is 19.3 Å². The van der Waals surface area contributed by atoms with Crippen molar-refractivity contribution in [3.8, 4) is 0 Å². The Morgan fingerprint density at radius 3 is 2.84 bits per heavy atom. The van der Waals surface area contributed by atoms with Crippen LogP contribution in [0.4, 0.5) is 0 Å². The first-order valence-electron chi connectivity index (χ1n) is 6.96. The van der Waals surface area contributed by atoms with E-state index in [9.17, 15) is 5.11 Å². The second-order valence-electron chi connectivity index (χ2n) is 5.25. The molecule has 1 fully saturated rings. The highest BCUT2D eigenvalue weighted by molar-refractivity contribution is 5.79. The van der Waals surface area contributed by atoms with Crippen LogP contribution in [0.3, 0.4) is 0 Å². The normalized spacial score (nSPS) is 18.8. The molecule has 0 unspecified atom stereocenters. The number of aliphatic hydroxyl groups excluding tert-OH is 1. The largest absolute Gasteiger partial charge is 0.385 e. The van der Waals surface area contributed by atoms with Gasteiger partial charge in [0.25, 0.3) is 0 Å². The molecular formula is C15H21N2O2+. The minimum Gasteiger partial charge on any atom is -0.385 e. The second kappa shape index (κ2) is 5.74. The predicted octanol–water partition coefficient (Wildman–Crippen LogP) is -0.0827. The molecule has 2 N–H and O–H groups in total. The van der Waals surface area contributed by atoms with Gasteiger partial charge in [-0.25, -0.2) is 0 Å². The standard InChI is InChI=1S/C15H20N2O2/c18-14(11-16-7-9-19-10-8-16)12-17-6-5-13-3-1-2-4-15(13)17/h1-6,14,18H,7-12H2/p+1/t14-/m1/s1. The zero-order chi connectivity index (χ0) is 13.1. The summed E-state index contributed by atoms with van der Waals surface area (Å²) in [4.78, 5) is 1.44. The van der Waals surface area contributed by atoms with Crippen LogP contribution in [-0.4, -0.2) is 48.6 Å². The summed E-state index contributed by atoms with van der Waals surface area (Å²) in [6.07, 6.45) is 1.76. The Morgan fingerprint density at radius 1 is 1.21 bits per heavy atom. The number of rotatable bonds is 4. The van der Waals surface area contributed by atoms with Crippen molar-refractivity contribution >= 4 is 10.9 Å². The van der Waals surface area contributed by atoms with E-state index >= 15 is 0 Å². The first kappa shape index (κ1) is 12.7. The maximum absolute atomic E-state index is 10.3. The number of nitrogens with zero attached hydrogens (tertiary/aromatic N) is 1.